The molecule has 0 saturated carbocycles. The van der Waals surface area contributed by atoms with Crippen LogP contribution < -0.4 is 10.9 Å². The summed E-state index contributed by atoms with van der Waals surface area (Å²) in [7, 11) is 0. The number of hydrogen-bond donors (Lipinski definition) is 2. The van der Waals surface area contributed by atoms with Crippen LogP contribution in [0, 0.1) is 5.82 Å². The maximum atomic E-state index is 12.7. The maximum Gasteiger partial charge on any atom is 0.252 e. The number of halogens is 1. The number of anilines is 1. The van der Waals surface area contributed by atoms with Crippen molar-refractivity contribution in [2.24, 2.45) is 0 Å². The van der Waals surface area contributed by atoms with E-state index >= 15 is 0 Å². The van der Waals surface area contributed by atoms with E-state index in [9.17, 15) is 9.18 Å². The van der Waals surface area contributed by atoms with Crippen LogP contribution in [0.2, 0.25) is 0 Å². The highest BCUT2D eigenvalue weighted by molar-refractivity contribution is 5.28. The molecule has 1 aromatic carbocycles. The first-order valence-corrected chi connectivity index (χ1v) is 5.76. The molecule has 0 saturated heterocycles. The van der Waals surface area contributed by atoms with E-state index in [0.717, 1.165) is 11.3 Å². The van der Waals surface area contributed by atoms with Crippen LogP contribution in [0.4, 0.5) is 10.3 Å². The second-order valence-corrected chi connectivity index (χ2v) is 3.92. The summed E-state index contributed by atoms with van der Waals surface area (Å²) >= 11 is 0. The molecule has 94 valence electrons. The van der Waals surface area contributed by atoms with Crippen molar-refractivity contribution in [3.8, 4) is 0 Å². The number of H-pyrrole nitrogens is 1. The Morgan fingerprint density at radius 2 is 2.06 bits per heavy atom. The number of hydrogen-bond acceptors (Lipinski definition) is 3. The molecule has 4 nitrogen and oxygen atoms in total. The predicted molar refractivity (Wildman–Crippen MR) is 68.0 cm³/mol. The summed E-state index contributed by atoms with van der Waals surface area (Å²) in [6, 6.07) is 7.64. The fraction of sp³-hybridized carbons (Fsp3) is 0.231. The van der Waals surface area contributed by atoms with E-state index < -0.39 is 0 Å². The molecule has 18 heavy (non-hydrogen) atoms. The minimum atomic E-state index is -0.265. The minimum absolute atomic E-state index is 0.177. The highest BCUT2D eigenvalue weighted by Gasteiger charge is 2.00. The molecule has 0 aliphatic carbocycles. The molecular weight excluding hydrogens is 233 g/mol. The van der Waals surface area contributed by atoms with Gasteiger partial charge in [-0.05, 0) is 24.1 Å². The monoisotopic (exact) mass is 247 g/mol. The van der Waals surface area contributed by atoms with Crippen molar-refractivity contribution < 1.29 is 4.39 Å². The lowest BCUT2D eigenvalue weighted by Gasteiger charge is -2.06. The molecule has 1 heterocycles. The predicted octanol–water partition coefficient (Wildman–Crippen LogP) is 2.08. The molecule has 0 spiro atoms. The summed E-state index contributed by atoms with van der Waals surface area (Å²) in [5, 5.41) is 3.01. The normalized spacial score (nSPS) is 10.3. The lowest BCUT2D eigenvalue weighted by Crippen LogP contribution is -2.13. The Morgan fingerprint density at radius 3 is 2.72 bits per heavy atom. The van der Waals surface area contributed by atoms with Crippen molar-refractivity contribution in [2.45, 2.75) is 19.9 Å². The molecule has 0 bridgehead atoms. The zero-order valence-electron chi connectivity index (χ0n) is 10.0. The van der Waals surface area contributed by atoms with Crippen molar-refractivity contribution in [1.29, 1.82) is 0 Å². The Balaban J connectivity index is 2.08. The first-order chi connectivity index (χ1) is 8.67. The Hall–Kier alpha value is -2.17. The Morgan fingerprint density at radius 1 is 1.33 bits per heavy atom. The van der Waals surface area contributed by atoms with Gasteiger partial charge in [0.05, 0.1) is 0 Å². The largest absolute Gasteiger partial charge is 0.352 e. The van der Waals surface area contributed by atoms with E-state index in [1.807, 2.05) is 6.92 Å². The van der Waals surface area contributed by atoms with Gasteiger partial charge in [0.15, 0.2) is 0 Å². The highest BCUT2D eigenvalue weighted by Crippen LogP contribution is 2.05. The third-order valence-electron chi connectivity index (χ3n) is 2.53. The molecule has 0 unspecified atom stereocenters. The first-order valence-electron chi connectivity index (χ1n) is 5.76. The van der Waals surface area contributed by atoms with Crippen molar-refractivity contribution in [3.05, 3.63) is 57.8 Å². The molecule has 0 aliphatic rings. The van der Waals surface area contributed by atoms with Crippen molar-refractivity contribution >= 4 is 5.95 Å². The molecule has 0 aliphatic heterocycles. The van der Waals surface area contributed by atoms with Crippen LogP contribution in [0.25, 0.3) is 0 Å². The third kappa shape index (κ3) is 3.16. The molecule has 2 aromatic rings. The molecule has 2 N–H and O–H groups in total. The number of aryl methyl sites for hydroxylation is 1. The van der Waals surface area contributed by atoms with Gasteiger partial charge < -0.3 is 5.32 Å². The van der Waals surface area contributed by atoms with Gasteiger partial charge in [0.1, 0.15) is 5.82 Å². The molecular formula is C13H14FN3O. The van der Waals surface area contributed by atoms with Gasteiger partial charge in [-0.2, -0.15) is 0 Å². The van der Waals surface area contributed by atoms with E-state index in [1.54, 1.807) is 12.1 Å². The molecule has 2 rings (SSSR count). The quantitative estimate of drug-likeness (QED) is 0.869. The van der Waals surface area contributed by atoms with Gasteiger partial charge in [-0.15, -0.1) is 0 Å². The molecule has 5 heteroatoms. The van der Waals surface area contributed by atoms with Gasteiger partial charge in [-0.3, -0.25) is 9.78 Å². The zero-order valence-corrected chi connectivity index (χ0v) is 10.0. The lowest BCUT2D eigenvalue weighted by molar-refractivity contribution is 0.627. The number of aromatic amines is 1. The topological polar surface area (TPSA) is 57.8 Å². The van der Waals surface area contributed by atoms with E-state index in [1.165, 1.54) is 18.2 Å². The summed E-state index contributed by atoms with van der Waals surface area (Å²) in [5.41, 5.74) is 1.48. The Labute approximate surface area is 104 Å². The molecule has 0 atom stereocenters. The number of nitrogens with one attached hydrogen (secondary N) is 2. The Bertz CT molecular complexity index is 578. The molecule has 0 radical (unpaired) electrons. The SMILES string of the molecule is CCc1cc(=O)[nH]c(NCc2ccc(F)cc2)n1. The van der Waals surface area contributed by atoms with Crippen LogP contribution in [0.15, 0.2) is 35.1 Å². The maximum absolute atomic E-state index is 12.7. The van der Waals surface area contributed by atoms with Crippen molar-refractivity contribution in [2.75, 3.05) is 5.32 Å². The van der Waals surface area contributed by atoms with Gasteiger partial charge in [0, 0.05) is 18.3 Å². The molecule has 0 fully saturated rings. The summed E-state index contributed by atoms with van der Waals surface area (Å²) in [5.74, 6) is 0.168. The average molecular weight is 247 g/mol. The Kier molecular flexibility index (Phi) is 3.72. The number of nitrogens with zero attached hydrogens (tertiary/aromatic N) is 1. The summed E-state index contributed by atoms with van der Waals surface area (Å²) in [6.07, 6.45) is 0.704. The van der Waals surface area contributed by atoms with E-state index in [2.05, 4.69) is 15.3 Å². The number of aromatic nitrogens is 2. The number of rotatable bonds is 4. The van der Waals surface area contributed by atoms with Crippen LogP contribution in [-0.4, -0.2) is 9.97 Å². The fourth-order valence-electron chi connectivity index (χ4n) is 1.56. The standard InChI is InChI=1S/C13H14FN3O/c1-2-11-7-12(18)17-13(16-11)15-8-9-3-5-10(14)6-4-9/h3-7H,2,8H2,1H3,(H2,15,16,17,18). The van der Waals surface area contributed by atoms with Crippen LogP contribution in [0.5, 0.6) is 0 Å². The van der Waals surface area contributed by atoms with Gasteiger partial charge >= 0.3 is 0 Å². The highest BCUT2D eigenvalue weighted by atomic mass is 19.1. The van der Waals surface area contributed by atoms with Crippen LogP contribution in [-0.2, 0) is 13.0 Å². The second-order valence-electron chi connectivity index (χ2n) is 3.92. The van der Waals surface area contributed by atoms with E-state index in [0.29, 0.717) is 18.9 Å². The van der Waals surface area contributed by atoms with Gasteiger partial charge in [0.2, 0.25) is 5.95 Å². The number of benzene rings is 1. The van der Waals surface area contributed by atoms with Crippen LogP contribution in [0.3, 0.4) is 0 Å². The van der Waals surface area contributed by atoms with Crippen LogP contribution in [0.1, 0.15) is 18.2 Å². The van der Waals surface area contributed by atoms with Gasteiger partial charge in [-0.1, -0.05) is 19.1 Å². The zero-order chi connectivity index (χ0) is 13.0. The lowest BCUT2D eigenvalue weighted by atomic mass is 10.2. The van der Waals surface area contributed by atoms with E-state index in [-0.39, 0.29) is 11.4 Å². The summed E-state index contributed by atoms with van der Waals surface area (Å²) in [6.45, 7) is 2.42. The molecule has 1 aromatic heterocycles. The van der Waals surface area contributed by atoms with Gasteiger partial charge in [0.25, 0.3) is 5.56 Å². The second kappa shape index (κ2) is 5.44. The summed E-state index contributed by atoms with van der Waals surface area (Å²) in [4.78, 5) is 18.2. The van der Waals surface area contributed by atoms with E-state index in [4.69, 9.17) is 0 Å². The summed E-state index contributed by atoms with van der Waals surface area (Å²) < 4.78 is 12.7. The fourth-order valence-corrected chi connectivity index (χ4v) is 1.56. The molecule has 0 amide bonds. The van der Waals surface area contributed by atoms with Crippen LogP contribution >= 0.6 is 0 Å². The average Bonchev–Trinajstić information content (AvgIpc) is 2.37. The third-order valence-corrected chi connectivity index (χ3v) is 2.53. The smallest absolute Gasteiger partial charge is 0.252 e. The van der Waals surface area contributed by atoms with Crippen molar-refractivity contribution in [1.82, 2.24) is 9.97 Å². The minimum Gasteiger partial charge on any atom is -0.352 e. The van der Waals surface area contributed by atoms with Crippen molar-refractivity contribution in [3.63, 3.8) is 0 Å². The van der Waals surface area contributed by atoms with Gasteiger partial charge in [-0.25, -0.2) is 9.37 Å². The first kappa shape index (κ1) is 12.3.